The molecule has 1 aliphatic rings. The number of amides is 1. The number of anilines is 1. The van der Waals surface area contributed by atoms with Gasteiger partial charge in [0.2, 0.25) is 5.91 Å². The Balaban J connectivity index is 1.67. The second-order valence-electron chi connectivity index (χ2n) is 5.86. The van der Waals surface area contributed by atoms with Gasteiger partial charge in [0.25, 0.3) is 0 Å². The van der Waals surface area contributed by atoms with E-state index in [1.165, 1.54) is 30.3 Å². The first-order valence-electron chi connectivity index (χ1n) is 7.82. The molecule has 0 fully saturated rings. The lowest BCUT2D eigenvalue weighted by atomic mass is 10.0. The van der Waals surface area contributed by atoms with Crippen molar-refractivity contribution in [2.75, 3.05) is 5.32 Å². The van der Waals surface area contributed by atoms with Gasteiger partial charge in [-0.15, -0.1) is 0 Å². The quantitative estimate of drug-likeness (QED) is 0.560. The molecule has 0 saturated carbocycles. The molecule has 0 atom stereocenters. The summed E-state index contributed by atoms with van der Waals surface area (Å²) < 4.78 is 35.3. The van der Waals surface area contributed by atoms with Gasteiger partial charge in [0.1, 0.15) is 16.2 Å². The largest absolute Gasteiger partial charge is 0.423 e. The molecule has 0 aliphatic carbocycles. The normalized spacial score (nSPS) is 13.9. The number of aryl methyl sites for hydroxylation is 1. The van der Waals surface area contributed by atoms with Gasteiger partial charge < -0.3 is 13.9 Å². The molecule has 7 nitrogen and oxygen atoms in total. The Bertz CT molecular complexity index is 1200. The highest BCUT2D eigenvalue weighted by atomic mass is 32.2. The van der Waals surface area contributed by atoms with Gasteiger partial charge >= 0.3 is 15.7 Å². The van der Waals surface area contributed by atoms with E-state index in [-0.39, 0.29) is 22.1 Å². The highest BCUT2D eigenvalue weighted by Crippen LogP contribution is 2.28. The maximum Gasteiger partial charge on any atom is 0.339 e. The molecule has 0 saturated heterocycles. The molecule has 4 rings (SSSR count). The number of carbonyl (C=O) groups is 1. The summed E-state index contributed by atoms with van der Waals surface area (Å²) in [5.41, 5.74) is 1.04. The van der Waals surface area contributed by atoms with E-state index in [1.54, 1.807) is 18.2 Å². The SMILES string of the molecule is O=C1CCc2cc(S(=O)(=O)Oc3ccc4ccc(=O)oc4c3)ccc2N1. The van der Waals surface area contributed by atoms with Crippen molar-refractivity contribution in [3.8, 4) is 5.75 Å². The van der Waals surface area contributed by atoms with Crippen molar-refractivity contribution in [3.05, 3.63) is 64.5 Å². The molecule has 132 valence electrons. The summed E-state index contributed by atoms with van der Waals surface area (Å²) in [6.07, 6.45) is 0.771. The summed E-state index contributed by atoms with van der Waals surface area (Å²) in [6.45, 7) is 0. The van der Waals surface area contributed by atoms with E-state index in [1.807, 2.05) is 0 Å². The van der Waals surface area contributed by atoms with Crippen LogP contribution in [0.5, 0.6) is 5.75 Å². The monoisotopic (exact) mass is 371 g/mol. The lowest BCUT2D eigenvalue weighted by Crippen LogP contribution is -2.19. The van der Waals surface area contributed by atoms with E-state index < -0.39 is 15.7 Å². The first-order chi connectivity index (χ1) is 12.4. The number of carbonyl (C=O) groups excluding carboxylic acids is 1. The van der Waals surface area contributed by atoms with Crippen LogP contribution in [0.2, 0.25) is 0 Å². The highest BCUT2D eigenvalue weighted by Gasteiger charge is 2.21. The van der Waals surface area contributed by atoms with Gasteiger partial charge in [0.15, 0.2) is 0 Å². The second-order valence-corrected chi connectivity index (χ2v) is 7.40. The molecule has 0 spiro atoms. The van der Waals surface area contributed by atoms with Crippen LogP contribution < -0.4 is 15.1 Å². The van der Waals surface area contributed by atoms with Crippen LogP contribution in [-0.4, -0.2) is 14.3 Å². The molecular weight excluding hydrogens is 358 g/mol. The third-order valence-corrected chi connectivity index (χ3v) is 5.30. The van der Waals surface area contributed by atoms with Crippen LogP contribution in [0.3, 0.4) is 0 Å². The van der Waals surface area contributed by atoms with Crippen molar-refractivity contribution in [3.63, 3.8) is 0 Å². The zero-order valence-electron chi connectivity index (χ0n) is 13.4. The van der Waals surface area contributed by atoms with Crippen molar-refractivity contribution in [1.82, 2.24) is 0 Å². The van der Waals surface area contributed by atoms with E-state index in [2.05, 4.69) is 5.32 Å². The smallest absolute Gasteiger partial charge is 0.339 e. The Labute approximate surface area is 148 Å². The lowest BCUT2D eigenvalue weighted by molar-refractivity contribution is -0.116. The van der Waals surface area contributed by atoms with Gasteiger partial charge in [0.05, 0.1) is 0 Å². The van der Waals surface area contributed by atoms with Crippen LogP contribution in [-0.2, 0) is 21.3 Å². The first kappa shape index (κ1) is 16.3. The van der Waals surface area contributed by atoms with Crippen LogP contribution in [0.1, 0.15) is 12.0 Å². The fourth-order valence-electron chi connectivity index (χ4n) is 2.78. The number of hydrogen-bond donors (Lipinski definition) is 1. The standard InChI is InChI=1S/C18H13NO6S/c20-17-7-2-12-9-14(5-6-15(12)19-17)26(22,23)25-13-4-1-11-3-8-18(21)24-16(11)10-13/h1,3-6,8-10H,2,7H2,(H,19,20). The molecular formula is C18H13NO6S. The number of rotatable bonds is 3. The van der Waals surface area contributed by atoms with Gasteiger partial charge in [-0.1, -0.05) is 0 Å². The van der Waals surface area contributed by atoms with Gasteiger partial charge in [-0.25, -0.2) is 4.79 Å². The van der Waals surface area contributed by atoms with Crippen LogP contribution in [0, 0.1) is 0 Å². The molecule has 1 aromatic heterocycles. The molecule has 1 aliphatic heterocycles. The van der Waals surface area contributed by atoms with Gasteiger partial charge in [-0.05, 0) is 48.4 Å². The Morgan fingerprint density at radius 1 is 0.962 bits per heavy atom. The van der Waals surface area contributed by atoms with Gasteiger partial charge in [0, 0.05) is 29.6 Å². The third kappa shape index (κ3) is 3.06. The lowest BCUT2D eigenvalue weighted by Gasteiger charge is -2.17. The molecule has 1 amide bonds. The first-order valence-corrected chi connectivity index (χ1v) is 9.23. The minimum atomic E-state index is -4.07. The van der Waals surface area contributed by atoms with Crippen LogP contribution in [0.4, 0.5) is 5.69 Å². The minimum Gasteiger partial charge on any atom is -0.423 e. The maximum absolute atomic E-state index is 12.6. The number of benzene rings is 2. The predicted molar refractivity (Wildman–Crippen MR) is 93.7 cm³/mol. The predicted octanol–water partition coefficient (Wildman–Crippen LogP) is 2.45. The summed E-state index contributed by atoms with van der Waals surface area (Å²) in [7, 11) is -4.07. The summed E-state index contributed by atoms with van der Waals surface area (Å²) in [4.78, 5) is 22.7. The summed E-state index contributed by atoms with van der Waals surface area (Å²) in [5.74, 6) is -0.0557. The summed E-state index contributed by atoms with van der Waals surface area (Å²) >= 11 is 0. The third-order valence-electron chi connectivity index (χ3n) is 4.06. The van der Waals surface area contributed by atoms with Crippen molar-refractivity contribution >= 4 is 32.7 Å². The van der Waals surface area contributed by atoms with Crippen molar-refractivity contribution in [2.45, 2.75) is 17.7 Å². The second kappa shape index (κ2) is 5.99. The maximum atomic E-state index is 12.6. The fraction of sp³-hybridized carbons (Fsp3) is 0.111. The van der Waals surface area contributed by atoms with E-state index >= 15 is 0 Å². The molecule has 8 heteroatoms. The van der Waals surface area contributed by atoms with E-state index in [9.17, 15) is 18.0 Å². The highest BCUT2D eigenvalue weighted by molar-refractivity contribution is 7.87. The van der Waals surface area contributed by atoms with Crippen molar-refractivity contribution in [2.24, 2.45) is 0 Å². The van der Waals surface area contributed by atoms with Gasteiger partial charge in [-0.2, -0.15) is 8.42 Å². The molecule has 0 unspecified atom stereocenters. The minimum absolute atomic E-state index is 0.0120. The molecule has 3 aromatic rings. The molecule has 2 aromatic carbocycles. The van der Waals surface area contributed by atoms with E-state index in [0.29, 0.717) is 23.9 Å². The number of fused-ring (bicyclic) bond motifs is 2. The zero-order valence-corrected chi connectivity index (χ0v) is 14.2. The topological polar surface area (TPSA) is 103 Å². The van der Waals surface area contributed by atoms with Crippen LogP contribution >= 0.6 is 0 Å². The van der Waals surface area contributed by atoms with Crippen LogP contribution in [0.15, 0.2) is 62.6 Å². The Morgan fingerprint density at radius 2 is 1.77 bits per heavy atom. The summed E-state index contributed by atoms with van der Waals surface area (Å²) in [5, 5.41) is 3.35. The number of nitrogens with one attached hydrogen (secondary N) is 1. The van der Waals surface area contributed by atoms with E-state index in [0.717, 1.165) is 5.56 Å². The fourth-order valence-corrected chi connectivity index (χ4v) is 3.76. The molecule has 0 radical (unpaired) electrons. The molecule has 1 N–H and O–H groups in total. The Morgan fingerprint density at radius 3 is 2.62 bits per heavy atom. The molecule has 0 bridgehead atoms. The van der Waals surface area contributed by atoms with Crippen LogP contribution in [0.25, 0.3) is 11.0 Å². The average Bonchev–Trinajstić information content (AvgIpc) is 2.60. The molecule has 2 heterocycles. The molecule has 26 heavy (non-hydrogen) atoms. The van der Waals surface area contributed by atoms with Gasteiger partial charge in [-0.3, -0.25) is 4.79 Å². The Kier molecular flexibility index (Phi) is 3.77. The van der Waals surface area contributed by atoms with Crippen molar-refractivity contribution < 1.29 is 21.8 Å². The van der Waals surface area contributed by atoms with E-state index in [4.69, 9.17) is 8.60 Å². The Hall–Kier alpha value is -3.13. The average molecular weight is 371 g/mol. The zero-order chi connectivity index (χ0) is 18.3. The summed E-state index contributed by atoms with van der Waals surface area (Å²) in [6, 6.07) is 11.7. The number of hydrogen-bond acceptors (Lipinski definition) is 6. The van der Waals surface area contributed by atoms with Crippen molar-refractivity contribution in [1.29, 1.82) is 0 Å².